The van der Waals surface area contributed by atoms with Gasteiger partial charge in [-0.2, -0.15) is 0 Å². The summed E-state index contributed by atoms with van der Waals surface area (Å²) in [4.78, 5) is 13.8. The van der Waals surface area contributed by atoms with Gasteiger partial charge in [-0.25, -0.2) is 0 Å². The number of nitrogens with zero attached hydrogens (tertiary/aromatic N) is 2. The monoisotopic (exact) mass is 252 g/mol. The van der Waals surface area contributed by atoms with Gasteiger partial charge in [0.25, 0.3) is 5.91 Å². The first-order valence-electron chi connectivity index (χ1n) is 6.38. The van der Waals surface area contributed by atoms with Gasteiger partial charge in [0.1, 0.15) is 0 Å². The molecule has 0 aliphatic heterocycles. The van der Waals surface area contributed by atoms with Gasteiger partial charge < -0.3 is 14.2 Å². The number of likely N-dealkylation sites (N-methyl/N-ethyl adjacent to an activating group) is 1. The average molecular weight is 252 g/mol. The predicted octanol–water partition coefficient (Wildman–Crippen LogP) is 2.35. The van der Waals surface area contributed by atoms with Crippen molar-refractivity contribution in [1.29, 1.82) is 0 Å². The van der Waals surface area contributed by atoms with E-state index >= 15 is 0 Å². The largest absolute Gasteiger partial charge is 0.380 e. The Bertz CT molecular complexity index is 391. The van der Waals surface area contributed by atoms with Gasteiger partial charge in [0.05, 0.1) is 12.2 Å². The highest BCUT2D eigenvalue weighted by Crippen LogP contribution is 2.16. The van der Waals surface area contributed by atoms with E-state index < -0.39 is 0 Å². The van der Waals surface area contributed by atoms with Crippen molar-refractivity contribution in [2.45, 2.75) is 33.2 Å². The molecule has 1 amide bonds. The number of carbonyl (C=O) groups excluding carboxylic acids is 1. The van der Waals surface area contributed by atoms with Crippen molar-refractivity contribution in [3.05, 3.63) is 24.0 Å². The molecule has 4 nitrogen and oxygen atoms in total. The van der Waals surface area contributed by atoms with E-state index in [2.05, 4.69) is 25.3 Å². The average Bonchev–Trinajstić information content (AvgIpc) is 2.77. The van der Waals surface area contributed by atoms with Crippen LogP contribution in [-0.2, 0) is 10.3 Å². The number of amides is 1. The zero-order valence-electron chi connectivity index (χ0n) is 12.1. The third-order valence-corrected chi connectivity index (χ3v) is 2.84. The molecule has 1 heterocycles. The standard InChI is InChI=1S/C14H24N2O2/c1-6-18-10-9-15(5)13(17)12-7-8-16(11-12)14(2,3)4/h7-8,11H,6,9-10H2,1-5H3. The highest BCUT2D eigenvalue weighted by Gasteiger charge is 2.17. The van der Waals surface area contributed by atoms with Crippen LogP contribution in [0.15, 0.2) is 18.5 Å². The predicted molar refractivity (Wildman–Crippen MR) is 72.9 cm³/mol. The molecule has 1 aromatic heterocycles. The molecule has 0 radical (unpaired) electrons. The summed E-state index contributed by atoms with van der Waals surface area (Å²) in [6, 6.07) is 1.87. The van der Waals surface area contributed by atoms with Gasteiger partial charge in [-0.15, -0.1) is 0 Å². The molecule has 102 valence electrons. The van der Waals surface area contributed by atoms with Gasteiger partial charge in [-0.05, 0) is 33.8 Å². The van der Waals surface area contributed by atoms with Crippen LogP contribution in [0.3, 0.4) is 0 Å². The Labute approximate surface area is 110 Å². The van der Waals surface area contributed by atoms with E-state index in [0.717, 1.165) is 5.56 Å². The second-order valence-electron chi connectivity index (χ2n) is 5.40. The Kier molecular flexibility index (Phi) is 4.96. The van der Waals surface area contributed by atoms with Gasteiger partial charge in [-0.1, -0.05) is 0 Å². The fourth-order valence-corrected chi connectivity index (χ4v) is 1.61. The van der Waals surface area contributed by atoms with E-state index in [4.69, 9.17) is 4.74 Å². The summed E-state index contributed by atoms with van der Waals surface area (Å²) in [6.07, 6.45) is 3.85. The molecule has 0 aliphatic carbocycles. The Morgan fingerprint density at radius 3 is 2.61 bits per heavy atom. The Hall–Kier alpha value is -1.29. The van der Waals surface area contributed by atoms with Crippen molar-refractivity contribution in [1.82, 2.24) is 9.47 Å². The maximum absolute atomic E-state index is 12.1. The van der Waals surface area contributed by atoms with E-state index in [-0.39, 0.29) is 11.4 Å². The lowest BCUT2D eigenvalue weighted by molar-refractivity contribution is 0.0710. The highest BCUT2D eigenvalue weighted by atomic mass is 16.5. The van der Waals surface area contributed by atoms with Crippen LogP contribution in [0.4, 0.5) is 0 Å². The molecule has 0 fully saturated rings. The summed E-state index contributed by atoms with van der Waals surface area (Å²) in [6.45, 7) is 10.2. The van der Waals surface area contributed by atoms with Crippen LogP contribution in [0.5, 0.6) is 0 Å². The molecule has 0 unspecified atom stereocenters. The van der Waals surface area contributed by atoms with Gasteiger partial charge in [0.15, 0.2) is 0 Å². The molecule has 0 aliphatic rings. The first-order valence-corrected chi connectivity index (χ1v) is 6.38. The summed E-state index contributed by atoms with van der Waals surface area (Å²) < 4.78 is 7.30. The number of hydrogen-bond donors (Lipinski definition) is 0. The van der Waals surface area contributed by atoms with Crippen LogP contribution in [0.2, 0.25) is 0 Å². The fourth-order valence-electron chi connectivity index (χ4n) is 1.61. The van der Waals surface area contributed by atoms with E-state index in [9.17, 15) is 4.79 Å². The number of aromatic nitrogens is 1. The number of carbonyl (C=O) groups is 1. The second-order valence-corrected chi connectivity index (χ2v) is 5.40. The topological polar surface area (TPSA) is 34.5 Å². The van der Waals surface area contributed by atoms with Crippen molar-refractivity contribution in [3.8, 4) is 0 Å². The Morgan fingerprint density at radius 2 is 2.11 bits per heavy atom. The summed E-state index contributed by atoms with van der Waals surface area (Å²) >= 11 is 0. The molecule has 18 heavy (non-hydrogen) atoms. The molecule has 0 aromatic carbocycles. The highest BCUT2D eigenvalue weighted by molar-refractivity contribution is 5.93. The summed E-state index contributed by atoms with van der Waals surface area (Å²) in [7, 11) is 1.80. The Morgan fingerprint density at radius 1 is 1.44 bits per heavy atom. The molecular formula is C14H24N2O2. The zero-order valence-corrected chi connectivity index (χ0v) is 12.1. The van der Waals surface area contributed by atoms with Crippen LogP contribution in [-0.4, -0.2) is 42.2 Å². The van der Waals surface area contributed by atoms with Crippen molar-refractivity contribution < 1.29 is 9.53 Å². The Balaban J connectivity index is 2.64. The van der Waals surface area contributed by atoms with E-state index in [0.29, 0.717) is 19.8 Å². The van der Waals surface area contributed by atoms with Gasteiger partial charge >= 0.3 is 0 Å². The molecule has 1 aromatic rings. The van der Waals surface area contributed by atoms with Crippen LogP contribution >= 0.6 is 0 Å². The molecule has 4 heteroatoms. The smallest absolute Gasteiger partial charge is 0.255 e. The molecular weight excluding hydrogens is 228 g/mol. The fraction of sp³-hybridized carbons (Fsp3) is 0.643. The molecule has 1 rings (SSSR count). The SMILES string of the molecule is CCOCCN(C)C(=O)c1ccn(C(C)(C)C)c1. The second kappa shape index (κ2) is 6.05. The van der Waals surface area contributed by atoms with Gasteiger partial charge in [0.2, 0.25) is 0 Å². The summed E-state index contributed by atoms with van der Waals surface area (Å²) in [5.74, 6) is 0.0395. The quantitative estimate of drug-likeness (QED) is 0.754. The van der Waals surface area contributed by atoms with Gasteiger partial charge in [-0.3, -0.25) is 4.79 Å². The lowest BCUT2D eigenvalue weighted by atomic mass is 10.1. The molecule has 0 atom stereocenters. The van der Waals surface area contributed by atoms with Crippen LogP contribution < -0.4 is 0 Å². The molecule has 0 saturated carbocycles. The zero-order chi connectivity index (χ0) is 13.8. The van der Waals surface area contributed by atoms with Crippen molar-refractivity contribution >= 4 is 5.91 Å². The van der Waals surface area contributed by atoms with E-state index in [1.54, 1.807) is 11.9 Å². The number of rotatable bonds is 5. The van der Waals surface area contributed by atoms with Crippen molar-refractivity contribution in [3.63, 3.8) is 0 Å². The van der Waals surface area contributed by atoms with Crippen molar-refractivity contribution in [2.24, 2.45) is 0 Å². The lowest BCUT2D eigenvalue weighted by Gasteiger charge is -2.21. The lowest BCUT2D eigenvalue weighted by Crippen LogP contribution is -2.30. The number of ether oxygens (including phenoxy) is 1. The van der Waals surface area contributed by atoms with Gasteiger partial charge in [0, 0.05) is 38.1 Å². The molecule has 0 spiro atoms. The maximum atomic E-state index is 12.1. The van der Waals surface area contributed by atoms with Crippen molar-refractivity contribution in [2.75, 3.05) is 26.8 Å². The van der Waals surface area contributed by atoms with E-state index in [1.807, 2.05) is 25.4 Å². The minimum Gasteiger partial charge on any atom is -0.380 e. The van der Waals surface area contributed by atoms with Crippen LogP contribution in [0.1, 0.15) is 38.1 Å². The van der Waals surface area contributed by atoms with E-state index in [1.165, 1.54) is 0 Å². The summed E-state index contributed by atoms with van der Waals surface area (Å²) in [5.41, 5.74) is 0.728. The van der Waals surface area contributed by atoms with Crippen LogP contribution in [0, 0.1) is 0 Å². The molecule has 0 bridgehead atoms. The first kappa shape index (κ1) is 14.8. The number of hydrogen-bond acceptors (Lipinski definition) is 2. The first-order chi connectivity index (χ1) is 8.36. The molecule has 0 N–H and O–H groups in total. The normalized spacial score (nSPS) is 11.6. The maximum Gasteiger partial charge on any atom is 0.255 e. The summed E-state index contributed by atoms with van der Waals surface area (Å²) in [5, 5.41) is 0. The third-order valence-electron chi connectivity index (χ3n) is 2.84. The minimum atomic E-state index is 0.00240. The van der Waals surface area contributed by atoms with Crippen LogP contribution in [0.25, 0.3) is 0 Å². The minimum absolute atomic E-state index is 0.00240. The third kappa shape index (κ3) is 3.88. The molecule has 0 saturated heterocycles.